The third-order valence-electron chi connectivity index (χ3n) is 18.1. The average molecular weight is 1530 g/mol. The molecule has 39 nitrogen and oxygen atoms in total. The highest BCUT2D eigenvalue weighted by Crippen LogP contribution is 2.35. The van der Waals surface area contributed by atoms with Gasteiger partial charge >= 0.3 is 71.6 Å². The maximum absolute atomic E-state index is 15.1. The molecule has 15 N–H and O–H groups in total. The summed E-state index contributed by atoms with van der Waals surface area (Å²) in [5, 5.41) is 151. The van der Waals surface area contributed by atoms with Crippen molar-refractivity contribution in [2.24, 2.45) is 70.4 Å². The van der Waals surface area contributed by atoms with E-state index < -0.39 is 320 Å². The summed E-state index contributed by atoms with van der Waals surface area (Å²) in [5.74, 6) is -17.6. The lowest BCUT2D eigenvalue weighted by Crippen LogP contribution is -2.51. The standard InChI is InChI=1S/C66H110O39/c1-14-54(2,15-67)42(82)94-30-62(10,31-95-43(83)55(3,16-68)17-69)50(90)102-38-66(39-103-51(91)63(11,32-96-44(84)56(4,18-70)19-71)33-97-45(85)57(5,20-72)21-73,40-104-52(92)64(12,34-98-46(86)58(6,22-74)23-75)35-99-47(87)59(7,24-76)25-77)41-105-53(93)65(13,36-100-48(88)60(8,26-78)27-79)37-101-49(89)61(9,28-80)29-81/h67-81H,14-41H2,1-13H3. The van der Waals surface area contributed by atoms with Gasteiger partial charge in [-0.3, -0.25) is 57.5 Å². The molecule has 0 amide bonds. The number of aliphatic hydroxyl groups excluding tert-OH is 15. The van der Waals surface area contributed by atoms with Gasteiger partial charge in [0.2, 0.25) is 0 Å². The van der Waals surface area contributed by atoms with Crippen LogP contribution in [0.15, 0.2) is 0 Å². The first-order valence-corrected chi connectivity index (χ1v) is 32.7. The second-order valence-electron chi connectivity index (χ2n) is 29.9. The summed E-state index contributed by atoms with van der Waals surface area (Å²) < 4.78 is 66.4. The summed E-state index contributed by atoms with van der Waals surface area (Å²) in [6, 6.07) is 0. The van der Waals surface area contributed by atoms with Crippen LogP contribution in [0.1, 0.15) is 96.4 Å². The number of aliphatic hydroxyl groups is 15. The normalized spacial score (nSPS) is 14.1. The van der Waals surface area contributed by atoms with Gasteiger partial charge in [0.05, 0.1) is 105 Å². The zero-order valence-electron chi connectivity index (χ0n) is 61.8. The minimum atomic E-state index is -2.85. The zero-order chi connectivity index (χ0) is 81.7. The smallest absolute Gasteiger partial charge is 0.318 e. The van der Waals surface area contributed by atoms with E-state index in [2.05, 4.69) is 0 Å². The summed E-state index contributed by atoms with van der Waals surface area (Å²) in [7, 11) is 0. The van der Waals surface area contributed by atoms with Gasteiger partial charge in [-0.2, -0.15) is 0 Å². The Kier molecular flexibility index (Phi) is 38.7. The number of hydrogen-bond acceptors (Lipinski definition) is 39. The number of carbonyl (C=O) groups is 12. The number of carbonyl (C=O) groups excluding carboxylic acids is 12. The molecular formula is C66H110O39. The fourth-order valence-electron chi connectivity index (χ4n) is 7.23. The Bertz CT molecular complexity index is 2350. The highest BCUT2D eigenvalue weighted by atomic mass is 16.6. The molecule has 0 aliphatic carbocycles. The van der Waals surface area contributed by atoms with Crippen molar-refractivity contribution in [3.8, 4) is 0 Å². The van der Waals surface area contributed by atoms with Gasteiger partial charge in [0.15, 0.2) is 0 Å². The molecule has 105 heavy (non-hydrogen) atoms. The molecule has 0 saturated carbocycles. The van der Waals surface area contributed by atoms with Gasteiger partial charge in [0.1, 0.15) is 144 Å². The third kappa shape index (κ3) is 25.6. The van der Waals surface area contributed by atoms with E-state index in [0.29, 0.717) is 0 Å². The minimum Gasteiger partial charge on any atom is -0.464 e. The largest absolute Gasteiger partial charge is 0.464 e. The Labute approximate surface area is 606 Å². The molecule has 0 bridgehead atoms. The molecule has 0 aliphatic rings. The molecule has 2 atom stereocenters. The van der Waals surface area contributed by atoms with Crippen molar-refractivity contribution in [2.75, 3.05) is 178 Å². The van der Waals surface area contributed by atoms with E-state index in [0.717, 1.165) is 76.2 Å². The molecule has 2 unspecified atom stereocenters. The highest BCUT2D eigenvalue weighted by molar-refractivity contribution is 5.85. The highest BCUT2D eigenvalue weighted by Gasteiger charge is 2.52. The topological polar surface area (TPSA) is 619 Å². The van der Waals surface area contributed by atoms with Crippen LogP contribution in [-0.2, 0) is 114 Å². The molecule has 0 aromatic rings. The van der Waals surface area contributed by atoms with Crippen LogP contribution in [0.2, 0.25) is 0 Å². The first kappa shape index (κ1) is 98.0. The van der Waals surface area contributed by atoms with Gasteiger partial charge in [-0.1, -0.05) is 6.92 Å². The average Bonchev–Trinajstić information content (AvgIpc) is 0.816. The van der Waals surface area contributed by atoms with Crippen molar-refractivity contribution < 1.29 is 191 Å². The number of ether oxygens (including phenoxy) is 12. The molecule has 0 aromatic heterocycles. The van der Waals surface area contributed by atoms with Crippen molar-refractivity contribution in [1.29, 1.82) is 0 Å². The monoisotopic (exact) mass is 1530 g/mol. The van der Waals surface area contributed by atoms with E-state index in [-0.39, 0.29) is 6.42 Å². The van der Waals surface area contributed by atoms with Gasteiger partial charge in [-0.25, -0.2) is 0 Å². The van der Waals surface area contributed by atoms with Crippen LogP contribution in [0, 0.1) is 70.4 Å². The molecule has 0 spiro atoms. The Morgan fingerprint density at radius 1 is 0.171 bits per heavy atom. The number of hydrogen-bond donors (Lipinski definition) is 15. The van der Waals surface area contributed by atoms with Crippen LogP contribution in [0.4, 0.5) is 0 Å². The van der Waals surface area contributed by atoms with Crippen LogP contribution < -0.4 is 0 Å². The predicted octanol–water partition coefficient (Wildman–Crippen LogP) is -6.14. The first-order valence-electron chi connectivity index (χ1n) is 32.7. The maximum Gasteiger partial charge on any atom is 0.318 e. The SMILES string of the molecule is CCC(C)(CO)C(=O)OCC(C)(COC(=O)C(C)(CO)CO)C(=O)OCC(COC(=O)C(C)(COC(=O)C(C)(CO)CO)COC(=O)C(C)(CO)CO)(COC(=O)C(C)(COC(=O)C(C)(CO)CO)COC(=O)C(C)(CO)CO)COC(=O)C(C)(COC(=O)C(C)(CO)CO)COC(=O)C(C)(CO)CO. The summed E-state index contributed by atoms with van der Waals surface area (Å²) in [4.78, 5) is 168. The minimum absolute atomic E-state index is 0.0829. The molecule has 0 fully saturated rings. The summed E-state index contributed by atoms with van der Waals surface area (Å²) in [5.41, 5.74) is -29.4. The van der Waals surface area contributed by atoms with Crippen LogP contribution >= 0.6 is 0 Å². The van der Waals surface area contributed by atoms with Gasteiger partial charge in [-0.15, -0.1) is 0 Å². The van der Waals surface area contributed by atoms with E-state index >= 15 is 19.2 Å². The molecule has 0 aliphatic heterocycles. The van der Waals surface area contributed by atoms with E-state index in [1.54, 1.807) is 0 Å². The second-order valence-corrected chi connectivity index (χ2v) is 29.9. The van der Waals surface area contributed by atoms with E-state index in [1.165, 1.54) is 13.8 Å². The zero-order valence-corrected chi connectivity index (χ0v) is 61.8. The van der Waals surface area contributed by atoms with Crippen LogP contribution in [-0.4, -0.2) is 327 Å². The van der Waals surface area contributed by atoms with Crippen LogP contribution in [0.3, 0.4) is 0 Å². The lowest BCUT2D eigenvalue weighted by atomic mass is 9.87. The van der Waals surface area contributed by atoms with Crippen molar-refractivity contribution in [3.63, 3.8) is 0 Å². The lowest BCUT2D eigenvalue weighted by molar-refractivity contribution is -0.191. The number of rotatable bonds is 52. The predicted molar refractivity (Wildman–Crippen MR) is 348 cm³/mol. The molecule has 0 aromatic carbocycles. The fraction of sp³-hybridized carbons (Fsp3) is 0.818. The Hall–Kier alpha value is -6.96. The van der Waals surface area contributed by atoms with Crippen molar-refractivity contribution in [3.05, 3.63) is 0 Å². The van der Waals surface area contributed by atoms with Gasteiger partial charge in [0.25, 0.3) is 0 Å². The molecule has 0 heterocycles. The van der Waals surface area contributed by atoms with Crippen LogP contribution in [0.5, 0.6) is 0 Å². The molecular weight excluding hydrogens is 1420 g/mol. The summed E-state index contributed by atoms with van der Waals surface area (Å²) in [6.07, 6.45) is -0.0829. The molecule has 608 valence electrons. The van der Waals surface area contributed by atoms with E-state index in [9.17, 15) is 115 Å². The summed E-state index contributed by atoms with van der Waals surface area (Å²) >= 11 is 0. The number of esters is 12. The maximum atomic E-state index is 15.1. The van der Waals surface area contributed by atoms with Crippen molar-refractivity contribution in [1.82, 2.24) is 0 Å². The molecule has 39 heteroatoms. The van der Waals surface area contributed by atoms with Crippen molar-refractivity contribution in [2.45, 2.75) is 96.4 Å². The molecule has 0 radical (unpaired) electrons. The van der Waals surface area contributed by atoms with Crippen molar-refractivity contribution >= 4 is 71.6 Å². The molecule has 0 saturated heterocycles. The second kappa shape index (κ2) is 41.4. The Balaban J connectivity index is 9.58. The Morgan fingerprint density at radius 3 is 0.371 bits per heavy atom. The van der Waals surface area contributed by atoms with E-state index in [1.807, 2.05) is 0 Å². The van der Waals surface area contributed by atoms with Gasteiger partial charge < -0.3 is 133 Å². The Morgan fingerprint density at radius 2 is 0.267 bits per heavy atom. The fourth-order valence-corrected chi connectivity index (χ4v) is 7.23. The lowest BCUT2D eigenvalue weighted by Gasteiger charge is -2.37. The summed E-state index contributed by atoms with van der Waals surface area (Å²) in [6.45, 7) is -18.1. The third-order valence-corrected chi connectivity index (χ3v) is 18.1. The van der Waals surface area contributed by atoms with Gasteiger partial charge in [-0.05, 0) is 89.5 Å². The van der Waals surface area contributed by atoms with Gasteiger partial charge in [0, 0.05) is 0 Å². The van der Waals surface area contributed by atoms with E-state index in [4.69, 9.17) is 56.8 Å². The van der Waals surface area contributed by atoms with Crippen LogP contribution in [0.25, 0.3) is 0 Å². The first-order chi connectivity index (χ1) is 48.5. The quantitative estimate of drug-likeness (QED) is 0.0199. The molecule has 0 rings (SSSR count).